The first kappa shape index (κ1) is 19.3. The Labute approximate surface area is 165 Å². The Kier molecular flexibility index (Phi) is 4.91. The minimum Gasteiger partial charge on any atom is -0.350 e. The number of nitrogens with zero attached hydrogens (tertiary/aromatic N) is 3. The Bertz CT molecular complexity index is 873. The lowest BCUT2D eigenvalue weighted by Gasteiger charge is -2.40. The van der Waals surface area contributed by atoms with E-state index in [0.717, 1.165) is 54.9 Å². The van der Waals surface area contributed by atoms with E-state index in [0.29, 0.717) is 18.6 Å². The van der Waals surface area contributed by atoms with Crippen LogP contribution in [-0.4, -0.2) is 62.9 Å². The summed E-state index contributed by atoms with van der Waals surface area (Å²) in [5, 5.41) is 3.07. The van der Waals surface area contributed by atoms with Crippen molar-refractivity contribution in [1.82, 2.24) is 25.1 Å². The molecule has 2 N–H and O–H groups in total. The molecule has 2 bridgehead atoms. The first-order chi connectivity index (χ1) is 13.2. The number of imidazole rings is 1. The van der Waals surface area contributed by atoms with E-state index in [1.54, 1.807) is 0 Å². The number of halogens is 1. The molecule has 2 fully saturated rings. The molecule has 0 spiro atoms. The van der Waals surface area contributed by atoms with E-state index in [9.17, 15) is 9.18 Å². The first-order valence-corrected chi connectivity index (χ1v) is 10.1. The summed E-state index contributed by atoms with van der Waals surface area (Å²) in [6, 6.07) is 3.85. The van der Waals surface area contributed by atoms with Crippen molar-refractivity contribution in [1.29, 1.82) is 0 Å². The number of aryl methyl sites for hydroxylation is 1. The number of likely N-dealkylation sites (tertiary alicyclic amines) is 1. The molecule has 6 nitrogen and oxygen atoms in total. The summed E-state index contributed by atoms with van der Waals surface area (Å²) in [5.74, 6) is 0.745. The van der Waals surface area contributed by atoms with Gasteiger partial charge in [-0.05, 0) is 58.2 Å². The Morgan fingerprint density at radius 2 is 1.96 bits per heavy atom. The third kappa shape index (κ3) is 4.05. The molecular weight excluding hydrogens is 357 g/mol. The summed E-state index contributed by atoms with van der Waals surface area (Å²) in [6.07, 6.45) is 2.27. The van der Waals surface area contributed by atoms with Gasteiger partial charge in [0.05, 0.1) is 24.1 Å². The molecule has 2 aliphatic heterocycles. The molecule has 2 saturated heterocycles. The lowest BCUT2D eigenvalue weighted by Crippen LogP contribution is -2.56. The van der Waals surface area contributed by atoms with E-state index in [4.69, 9.17) is 0 Å². The lowest BCUT2D eigenvalue weighted by molar-refractivity contribution is -0.125. The number of carbonyl (C=O) groups excluding carboxylic acids is 1. The number of carbonyl (C=O) groups is 1. The van der Waals surface area contributed by atoms with Crippen LogP contribution in [0.2, 0.25) is 0 Å². The van der Waals surface area contributed by atoms with Crippen molar-refractivity contribution in [2.45, 2.75) is 64.7 Å². The van der Waals surface area contributed by atoms with Crippen LogP contribution >= 0.6 is 0 Å². The minimum absolute atomic E-state index is 0.104. The molecule has 2 unspecified atom stereocenters. The Morgan fingerprint density at radius 1 is 1.29 bits per heavy atom. The molecule has 28 heavy (non-hydrogen) atoms. The number of aromatic amines is 1. The summed E-state index contributed by atoms with van der Waals surface area (Å²) in [7, 11) is 0. The number of rotatable bonds is 4. The molecule has 7 heteroatoms. The van der Waals surface area contributed by atoms with E-state index in [1.165, 1.54) is 12.1 Å². The number of fused-ring (bicyclic) bond motifs is 3. The first-order valence-electron chi connectivity index (χ1n) is 10.1. The van der Waals surface area contributed by atoms with Gasteiger partial charge in [0.2, 0.25) is 5.91 Å². The summed E-state index contributed by atoms with van der Waals surface area (Å²) in [4.78, 5) is 25.1. The topological polar surface area (TPSA) is 64.3 Å². The molecule has 1 aromatic heterocycles. The average molecular weight is 388 g/mol. The largest absolute Gasteiger partial charge is 0.350 e. The predicted molar refractivity (Wildman–Crippen MR) is 107 cm³/mol. The van der Waals surface area contributed by atoms with Crippen molar-refractivity contribution in [2.24, 2.45) is 0 Å². The second-order valence-electron chi connectivity index (χ2n) is 9.35. The molecule has 0 aliphatic carbocycles. The minimum atomic E-state index is -0.236. The standard InChI is InChI=1S/C21H30FN5O/c1-13-7-14(22)8-17-20(13)24-18(23-17)11-26-9-15-5-6-16(10-26)27(15)12-19(28)25-21(2,3)4/h7-8,15-16H,5-6,9-12H2,1-4H3,(H,23,24)(H,25,28). The number of aromatic nitrogens is 2. The molecule has 2 atom stereocenters. The van der Waals surface area contributed by atoms with Gasteiger partial charge in [-0.1, -0.05) is 0 Å². The van der Waals surface area contributed by atoms with Crippen LogP contribution in [0, 0.1) is 12.7 Å². The van der Waals surface area contributed by atoms with Crippen molar-refractivity contribution in [3.63, 3.8) is 0 Å². The van der Waals surface area contributed by atoms with E-state index in [-0.39, 0.29) is 17.3 Å². The fraction of sp³-hybridized carbons (Fsp3) is 0.619. The number of H-pyrrole nitrogens is 1. The molecular formula is C21H30FN5O. The maximum absolute atomic E-state index is 13.6. The zero-order valence-electron chi connectivity index (χ0n) is 17.2. The molecule has 0 radical (unpaired) electrons. The predicted octanol–water partition coefficient (Wildman–Crippen LogP) is 2.57. The van der Waals surface area contributed by atoms with Gasteiger partial charge in [-0.25, -0.2) is 9.37 Å². The van der Waals surface area contributed by atoms with Crippen molar-refractivity contribution in [2.75, 3.05) is 19.6 Å². The summed E-state index contributed by atoms with van der Waals surface area (Å²) >= 11 is 0. The highest BCUT2D eigenvalue weighted by Crippen LogP contribution is 2.30. The Balaban J connectivity index is 1.41. The van der Waals surface area contributed by atoms with Gasteiger partial charge in [0.15, 0.2) is 0 Å². The normalized spacial score (nSPS) is 23.5. The molecule has 2 aromatic rings. The summed E-state index contributed by atoms with van der Waals surface area (Å²) in [5.41, 5.74) is 2.26. The fourth-order valence-corrected chi connectivity index (χ4v) is 4.67. The number of benzene rings is 1. The monoisotopic (exact) mass is 387 g/mol. The highest BCUT2D eigenvalue weighted by Gasteiger charge is 2.40. The van der Waals surface area contributed by atoms with Crippen molar-refractivity contribution >= 4 is 16.9 Å². The van der Waals surface area contributed by atoms with Crippen LogP contribution < -0.4 is 5.32 Å². The zero-order valence-corrected chi connectivity index (χ0v) is 17.2. The van der Waals surface area contributed by atoms with Crippen molar-refractivity contribution in [3.05, 3.63) is 29.3 Å². The SMILES string of the molecule is Cc1cc(F)cc2[nH]c(CN3CC4CCC(C3)N4CC(=O)NC(C)(C)C)nc12. The van der Waals surface area contributed by atoms with Crippen LogP contribution in [0.3, 0.4) is 0 Å². The van der Waals surface area contributed by atoms with E-state index in [2.05, 4.69) is 25.1 Å². The van der Waals surface area contributed by atoms with Gasteiger partial charge in [-0.2, -0.15) is 0 Å². The Hall–Kier alpha value is -1.99. The van der Waals surface area contributed by atoms with Crippen molar-refractivity contribution in [3.8, 4) is 0 Å². The van der Waals surface area contributed by atoms with Crippen LogP contribution in [0.25, 0.3) is 11.0 Å². The van der Waals surface area contributed by atoms with Gasteiger partial charge < -0.3 is 10.3 Å². The number of hydrogen-bond acceptors (Lipinski definition) is 4. The van der Waals surface area contributed by atoms with Gasteiger partial charge in [0, 0.05) is 30.7 Å². The van der Waals surface area contributed by atoms with E-state index < -0.39 is 0 Å². The van der Waals surface area contributed by atoms with Crippen LogP contribution in [0.4, 0.5) is 4.39 Å². The van der Waals surface area contributed by atoms with Gasteiger partial charge in [-0.3, -0.25) is 14.6 Å². The Morgan fingerprint density at radius 3 is 2.61 bits per heavy atom. The second-order valence-corrected chi connectivity index (χ2v) is 9.35. The smallest absolute Gasteiger partial charge is 0.234 e. The van der Waals surface area contributed by atoms with Crippen LogP contribution in [0.15, 0.2) is 12.1 Å². The molecule has 2 aliphatic rings. The fourth-order valence-electron chi connectivity index (χ4n) is 4.67. The molecule has 0 saturated carbocycles. The quantitative estimate of drug-likeness (QED) is 0.846. The van der Waals surface area contributed by atoms with E-state index in [1.807, 2.05) is 27.7 Å². The molecule has 3 heterocycles. The van der Waals surface area contributed by atoms with Crippen LogP contribution in [0.5, 0.6) is 0 Å². The molecule has 4 rings (SSSR count). The molecule has 1 aromatic carbocycles. The molecule has 1 amide bonds. The summed E-state index contributed by atoms with van der Waals surface area (Å²) < 4.78 is 13.6. The number of hydrogen-bond donors (Lipinski definition) is 2. The number of nitrogens with one attached hydrogen (secondary N) is 2. The van der Waals surface area contributed by atoms with Gasteiger partial charge in [-0.15, -0.1) is 0 Å². The number of piperazine rings is 1. The van der Waals surface area contributed by atoms with E-state index >= 15 is 0 Å². The zero-order chi connectivity index (χ0) is 20.1. The number of amides is 1. The second kappa shape index (κ2) is 7.12. The third-order valence-electron chi connectivity index (χ3n) is 5.71. The highest BCUT2D eigenvalue weighted by atomic mass is 19.1. The van der Waals surface area contributed by atoms with Gasteiger partial charge >= 0.3 is 0 Å². The highest BCUT2D eigenvalue weighted by molar-refractivity contribution is 5.79. The lowest BCUT2D eigenvalue weighted by atomic mass is 10.1. The summed E-state index contributed by atoms with van der Waals surface area (Å²) in [6.45, 7) is 11.0. The third-order valence-corrected chi connectivity index (χ3v) is 5.71. The maximum Gasteiger partial charge on any atom is 0.234 e. The van der Waals surface area contributed by atoms with Gasteiger partial charge in [0.25, 0.3) is 0 Å². The average Bonchev–Trinajstić information content (AvgIpc) is 3.04. The molecule has 152 valence electrons. The van der Waals surface area contributed by atoms with Crippen molar-refractivity contribution < 1.29 is 9.18 Å². The van der Waals surface area contributed by atoms with Gasteiger partial charge in [0.1, 0.15) is 11.6 Å². The van der Waals surface area contributed by atoms with Crippen LogP contribution in [-0.2, 0) is 11.3 Å². The maximum atomic E-state index is 13.6. The van der Waals surface area contributed by atoms with Crippen LogP contribution in [0.1, 0.15) is 45.0 Å².